The fraction of sp³-hybridized carbons (Fsp3) is 0.0667. The first kappa shape index (κ1) is 14.4. The van der Waals surface area contributed by atoms with E-state index in [-0.39, 0.29) is 22.8 Å². The second-order valence-corrected chi connectivity index (χ2v) is 4.36. The number of rotatable bonds is 3. The van der Waals surface area contributed by atoms with Gasteiger partial charge in [0, 0.05) is 5.56 Å². The van der Waals surface area contributed by atoms with Crippen LogP contribution in [0.5, 0.6) is 17.2 Å². The van der Waals surface area contributed by atoms with Gasteiger partial charge in [-0.25, -0.2) is 5.43 Å². The predicted molar refractivity (Wildman–Crippen MR) is 77.6 cm³/mol. The van der Waals surface area contributed by atoms with Gasteiger partial charge < -0.3 is 15.3 Å². The molecule has 0 spiro atoms. The number of carbonyl (C=O) groups excluding carboxylic acids is 1. The van der Waals surface area contributed by atoms with Crippen LogP contribution in [-0.4, -0.2) is 26.9 Å². The van der Waals surface area contributed by atoms with Crippen molar-refractivity contribution in [3.05, 3.63) is 53.6 Å². The van der Waals surface area contributed by atoms with E-state index in [0.717, 1.165) is 0 Å². The molecule has 6 nitrogen and oxygen atoms in total. The van der Waals surface area contributed by atoms with E-state index in [9.17, 15) is 20.1 Å². The lowest BCUT2D eigenvalue weighted by atomic mass is 10.1. The molecule has 1 amide bonds. The normalized spacial score (nSPS) is 11.2. The average Bonchev–Trinajstić information content (AvgIpc) is 2.47. The fourth-order valence-corrected chi connectivity index (χ4v) is 1.73. The average molecular weight is 286 g/mol. The number of hydrazone groups is 1. The molecule has 0 aliphatic heterocycles. The lowest BCUT2D eigenvalue weighted by Gasteiger charge is -2.06. The Morgan fingerprint density at radius 2 is 1.67 bits per heavy atom. The van der Waals surface area contributed by atoms with Crippen molar-refractivity contribution in [2.75, 3.05) is 0 Å². The quantitative estimate of drug-likeness (QED) is 0.393. The summed E-state index contributed by atoms with van der Waals surface area (Å²) in [6.07, 6.45) is 0. The van der Waals surface area contributed by atoms with E-state index in [4.69, 9.17) is 0 Å². The van der Waals surface area contributed by atoms with Gasteiger partial charge in [0.05, 0.1) is 11.3 Å². The largest absolute Gasteiger partial charge is 0.508 e. The minimum absolute atomic E-state index is 0.0237. The topological polar surface area (TPSA) is 102 Å². The first-order valence-electron chi connectivity index (χ1n) is 6.14. The van der Waals surface area contributed by atoms with E-state index < -0.39 is 5.91 Å². The van der Waals surface area contributed by atoms with E-state index in [1.165, 1.54) is 30.3 Å². The van der Waals surface area contributed by atoms with Gasteiger partial charge in [-0.15, -0.1) is 0 Å². The third-order valence-electron chi connectivity index (χ3n) is 2.84. The SMILES string of the molecule is C/C(=N\NC(=O)c1ccccc1O)c1cc(O)ccc1O. The molecule has 0 bridgehead atoms. The Kier molecular flexibility index (Phi) is 4.08. The third kappa shape index (κ3) is 3.30. The molecular weight excluding hydrogens is 272 g/mol. The summed E-state index contributed by atoms with van der Waals surface area (Å²) in [5, 5.41) is 32.5. The highest BCUT2D eigenvalue weighted by molar-refractivity contribution is 6.03. The number of para-hydroxylation sites is 1. The Balaban J connectivity index is 2.19. The van der Waals surface area contributed by atoms with Crippen LogP contribution in [0, 0.1) is 0 Å². The van der Waals surface area contributed by atoms with Crippen molar-refractivity contribution >= 4 is 11.6 Å². The molecule has 0 heterocycles. The van der Waals surface area contributed by atoms with Gasteiger partial charge in [-0.2, -0.15) is 5.10 Å². The molecule has 2 rings (SSSR count). The van der Waals surface area contributed by atoms with Crippen molar-refractivity contribution in [2.45, 2.75) is 6.92 Å². The molecule has 0 saturated heterocycles. The second kappa shape index (κ2) is 5.96. The summed E-state index contributed by atoms with van der Waals surface area (Å²) >= 11 is 0. The van der Waals surface area contributed by atoms with Crippen molar-refractivity contribution in [3.8, 4) is 17.2 Å². The standard InChI is InChI=1S/C15H14N2O4/c1-9(12-8-10(18)6-7-14(12)20)16-17-15(21)11-4-2-3-5-13(11)19/h2-8,18-20H,1H3,(H,17,21)/b16-9+. The van der Waals surface area contributed by atoms with E-state index in [1.54, 1.807) is 19.1 Å². The highest BCUT2D eigenvalue weighted by Gasteiger charge is 2.10. The number of carbonyl (C=O) groups is 1. The Morgan fingerprint density at radius 1 is 1.00 bits per heavy atom. The number of amides is 1. The van der Waals surface area contributed by atoms with E-state index in [1.807, 2.05) is 0 Å². The molecule has 0 saturated carbocycles. The highest BCUT2D eigenvalue weighted by atomic mass is 16.3. The van der Waals surface area contributed by atoms with Crippen LogP contribution >= 0.6 is 0 Å². The van der Waals surface area contributed by atoms with Gasteiger partial charge in [0.1, 0.15) is 17.2 Å². The molecule has 6 heteroatoms. The van der Waals surface area contributed by atoms with Crippen molar-refractivity contribution < 1.29 is 20.1 Å². The number of aromatic hydroxyl groups is 3. The van der Waals surface area contributed by atoms with Crippen molar-refractivity contribution in [3.63, 3.8) is 0 Å². The smallest absolute Gasteiger partial charge is 0.275 e. The molecule has 4 N–H and O–H groups in total. The number of nitrogens with zero attached hydrogens (tertiary/aromatic N) is 1. The summed E-state index contributed by atoms with van der Waals surface area (Å²) in [6.45, 7) is 1.57. The Hall–Kier alpha value is -3.02. The molecule has 0 aliphatic rings. The number of hydrogen-bond donors (Lipinski definition) is 4. The summed E-state index contributed by atoms with van der Waals surface area (Å²) < 4.78 is 0. The van der Waals surface area contributed by atoms with Crippen molar-refractivity contribution in [1.29, 1.82) is 0 Å². The molecular formula is C15H14N2O4. The van der Waals surface area contributed by atoms with Crippen molar-refractivity contribution in [1.82, 2.24) is 5.43 Å². The van der Waals surface area contributed by atoms with Crippen LogP contribution in [-0.2, 0) is 0 Å². The molecule has 0 fully saturated rings. The lowest BCUT2D eigenvalue weighted by molar-refractivity contribution is 0.0952. The Morgan fingerprint density at radius 3 is 2.38 bits per heavy atom. The maximum Gasteiger partial charge on any atom is 0.275 e. The monoisotopic (exact) mass is 286 g/mol. The van der Waals surface area contributed by atoms with Gasteiger partial charge in [0.15, 0.2) is 0 Å². The number of phenolic OH excluding ortho intramolecular Hbond substituents is 3. The van der Waals surface area contributed by atoms with Gasteiger partial charge in [0.25, 0.3) is 5.91 Å². The van der Waals surface area contributed by atoms with Gasteiger partial charge in [-0.05, 0) is 37.3 Å². The zero-order valence-electron chi connectivity index (χ0n) is 11.2. The van der Waals surface area contributed by atoms with Crippen LogP contribution in [0.4, 0.5) is 0 Å². The van der Waals surface area contributed by atoms with E-state index in [2.05, 4.69) is 10.5 Å². The molecule has 108 valence electrons. The number of nitrogens with one attached hydrogen (secondary N) is 1. The summed E-state index contributed by atoms with van der Waals surface area (Å²) in [5.74, 6) is -0.814. The number of benzene rings is 2. The predicted octanol–water partition coefficient (Wildman–Crippen LogP) is 1.96. The molecule has 0 unspecified atom stereocenters. The molecule has 0 aromatic heterocycles. The summed E-state index contributed by atoms with van der Waals surface area (Å²) in [4.78, 5) is 11.9. The Bertz CT molecular complexity index is 711. The fourth-order valence-electron chi connectivity index (χ4n) is 1.73. The first-order chi connectivity index (χ1) is 9.99. The minimum atomic E-state index is -0.577. The zero-order valence-corrected chi connectivity index (χ0v) is 11.2. The molecule has 0 aliphatic carbocycles. The summed E-state index contributed by atoms with van der Waals surface area (Å²) in [6, 6.07) is 10.1. The van der Waals surface area contributed by atoms with Crippen LogP contribution in [0.15, 0.2) is 47.6 Å². The Labute approximate surface area is 121 Å². The van der Waals surface area contributed by atoms with Gasteiger partial charge in [-0.1, -0.05) is 12.1 Å². The number of hydrogen-bond acceptors (Lipinski definition) is 5. The van der Waals surface area contributed by atoms with E-state index >= 15 is 0 Å². The highest BCUT2D eigenvalue weighted by Crippen LogP contribution is 2.22. The maximum atomic E-state index is 11.9. The van der Waals surface area contributed by atoms with Gasteiger partial charge >= 0.3 is 0 Å². The van der Waals surface area contributed by atoms with Gasteiger partial charge in [-0.3, -0.25) is 4.79 Å². The zero-order chi connectivity index (χ0) is 15.4. The van der Waals surface area contributed by atoms with Crippen LogP contribution in [0.1, 0.15) is 22.8 Å². The van der Waals surface area contributed by atoms with Crippen LogP contribution in [0.3, 0.4) is 0 Å². The molecule has 21 heavy (non-hydrogen) atoms. The molecule has 0 atom stereocenters. The maximum absolute atomic E-state index is 11.9. The molecule has 2 aromatic rings. The van der Waals surface area contributed by atoms with Crippen LogP contribution < -0.4 is 5.43 Å². The summed E-state index contributed by atoms with van der Waals surface area (Å²) in [7, 11) is 0. The summed E-state index contributed by atoms with van der Waals surface area (Å²) in [5.41, 5.74) is 2.98. The lowest BCUT2D eigenvalue weighted by Crippen LogP contribution is -2.19. The van der Waals surface area contributed by atoms with Gasteiger partial charge in [0.2, 0.25) is 0 Å². The third-order valence-corrected chi connectivity index (χ3v) is 2.84. The first-order valence-corrected chi connectivity index (χ1v) is 6.14. The van der Waals surface area contributed by atoms with Crippen LogP contribution in [0.25, 0.3) is 0 Å². The number of phenols is 3. The van der Waals surface area contributed by atoms with Crippen molar-refractivity contribution in [2.24, 2.45) is 5.10 Å². The molecule has 2 aromatic carbocycles. The second-order valence-electron chi connectivity index (χ2n) is 4.36. The minimum Gasteiger partial charge on any atom is -0.508 e. The van der Waals surface area contributed by atoms with E-state index in [0.29, 0.717) is 11.3 Å². The van der Waals surface area contributed by atoms with Crippen LogP contribution in [0.2, 0.25) is 0 Å². The molecule has 0 radical (unpaired) electrons.